The number of carbonyl (C=O) groups is 2. The highest BCUT2D eigenvalue weighted by Crippen LogP contribution is 2.15. The largest absolute Gasteiger partial charge is 0.508 e. The number of hydrogen-bond donors (Lipinski definition) is 2. The number of carboxylic acid groups (broad SMARTS) is 1. The summed E-state index contributed by atoms with van der Waals surface area (Å²) >= 11 is 0. The molecule has 0 aromatic heterocycles. The molecule has 0 saturated carbocycles. The Morgan fingerprint density at radius 2 is 1.59 bits per heavy atom. The monoisotopic (exact) mass is 300 g/mol. The van der Waals surface area contributed by atoms with Crippen molar-refractivity contribution in [2.75, 3.05) is 0 Å². The first-order valence-corrected chi connectivity index (χ1v) is 6.77. The Hall–Kier alpha value is -2.82. The molecule has 0 bridgehead atoms. The fourth-order valence-electron chi connectivity index (χ4n) is 1.97. The average Bonchev–Trinajstić information content (AvgIpc) is 2.52. The number of aliphatic carboxylic acids is 1. The third-order valence-electron chi connectivity index (χ3n) is 3.18. The summed E-state index contributed by atoms with van der Waals surface area (Å²) in [6, 6.07) is 15.1. The van der Waals surface area contributed by atoms with Crippen LogP contribution in [0.2, 0.25) is 0 Å². The molecule has 2 aromatic carbocycles. The Morgan fingerprint density at radius 1 is 0.955 bits per heavy atom. The van der Waals surface area contributed by atoms with E-state index in [9.17, 15) is 19.8 Å². The van der Waals surface area contributed by atoms with Gasteiger partial charge in [-0.05, 0) is 29.7 Å². The summed E-state index contributed by atoms with van der Waals surface area (Å²) in [5.41, 5.74) is 1.44. The highest BCUT2D eigenvalue weighted by atomic mass is 16.5. The zero-order valence-corrected chi connectivity index (χ0v) is 11.8. The van der Waals surface area contributed by atoms with Gasteiger partial charge < -0.3 is 14.9 Å². The van der Waals surface area contributed by atoms with Gasteiger partial charge in [0.1, 0.15) is 12.4 Å². The van der Waals surface area contributed by atoms with Crippen LogP contribution in [0, 0.1) is 5.92 Å². The first-order valence-electron chi connectivity index (χ1n) is 6.77. The average molecular weight is 300 g/mol. The summed E-state index contributed by atoms with van der Waals surface area (Å²) < 4.78 is 5.08. The van der Waals surface area contributed by atoms with E-state index in [4.69, 9.17) is 4.74 Å². The van der Waals surface area contributed by atoms with Crippen LogP contribution in [-0.2, 0) is 27.4 Å². The first kappa shape index (κ1) is 15.6. The van der Waals surface area contributed by atoms with Crippen LogP contribution in [0.1, 0.15) is 11.1 Å². The van der Waals surface area contributed by atoms with Crippen LogP contribution < -0.4 is 0 Å². The molecule has 5 nitrogen and oxygen atoms in total. The Morgan fingerprint density at radius 3 is 2.18 bits per heavy atom. The Kier molecular flexibility index (Phi) is 5.14. The molecule has 5 heteroatoms. The molecule has 0 radical (unpaired) electrons. The van der Waals surface area contributed by atoms with Crippen molar-refractivity contribution in [3.63, 3.8) is 0 Å². The number of benzene rings is 2. The molecule has 2 rings (SSSR count). The van der Waals surface area contributed by atoms with Crippen molar-refractivity contribution in [1.29, 1.82) is 0 Å². The standard InChI is InChI=1S/C17H16O5/c18-14-8-6-12(7-9-14)10-15(16(19)20)17(21)22-11-13-4-2-1-3-5-13/h1-9,15,18H,10-11H2,(H,19,20)/t15-/m0/s1. The van der Waals surface area contributed by atoms with Gasteiger partial charge in [0.05, 0.1) is 0 Å². The lowest BCUT2D eigenvalue weighted by Crippen LogP contribution is -2.27. The van der Waals surface area contributed by atoms with E-state index >= 15 is 0 Å². The van der Waals surface area contributed by atoms with Gasteiger partial charge in [-0.1, -0.05) is 42.5 Å². The minimum absolute atomic E-state index is 0.0171. The van der Waals surface area contributed by atoms with Crippen molar-refractivity contribution in [2.24, 2.45) is 5.92 Å². The molecule has 0 spiro atoms. The SMILES string of the molecule is O=C(O)[C@H](Cc1ccc(O)cc1)C(=O)OCc1ccccc1. The Labute approximate surface area is 127 Å². The summed E-state index contributed by atoms with van der Waals surface area (Å²) in [5.74, 6) is -3.19. The second kappa shape index (κ2) is 7.26. The molecule has 0 aliphatic heterocycles. The molecular weight excluding hydrogens is 284 g/mol. The third kappa shape index (κ3) is 4.34. The number of esters is 1. The molecule has 0 amide bonds. The van der Waals surface area contributed by atoms with Crippen LogP contribution in [-0.4, -0.2) is 22.2 Å². The molecule has 2 N–H and O–H groups in total. The lowest BCUT2D eigenvalue weighted by Gasteiger charge is -2.12. The van der Waals surface area contributed by atoms with E-state index in [2.05, 4.69) is 0 Å². The molecular formula is C17H16O5. The number of carbonyl (C=O) groups excluding carboxylic acids is 1. The van der Waals surface area contributed by atoms with Gasteiger partial charge in [-0.15, -0.1) is 0 Å². The summed E-state index contributed by atoms with van der Waals surface area (Å²) in [5, 5.41) is 18.4. The predicted octanol–water partition coefficient (Wildman–Crippen LogP) is 2.38. The lowest BCUT2D eigenvalue weighted by molar-refractivity contribution is -0.159. The fourth-order valence-corrected chi connectivity index (χ4v) is 1.97. The summed E-state index contributed by atoms with van der Waals surface area (Å²) in [7, 11) is 0. The van der Waals surface area contributed by atoms with Gasteiger partial charge in [0, 0.05) is 0 Å². The number of phenolic OH excluding ortho intramolecular Hbond substituents is 1. The highest BCUT2D eigenvalue weighted by molar-refractivity contribution is 5.94. The number of rotatable bonds is 6. The normalized spacial score (nSPS) is 11.6. The molecule has 0 aliphatic rings. The van der Waals surface area contributed by atoms with E-state index in [1.54, 1.807) is 24.3 Å². The van der Waals surface area contributed by atoms with Gasteiger partial charge in [-0.25, -0.2) is 0 Å². The lowest BCUT2D eigenvalue weighted by atomic mass is 9.99. The number of ether oxygens (including phenoxy) is 1. The summed E-state index contributed by atoms with van der Waals surface area (Å²) in [6.07, 6.45) is 0.0171. The first-order chi connectivity index (χ1) is 10.6. The number of hydrogen-bond acceptors (Lipinski definition) is 4. The third-order valence-corrected chi connectivity index (χ3v) is 3.18. The van der Waals surface area contributed by atoms with E-state index < -0.39 is 17.9 Å². The van der Waals surface area contributed by atoms with Crippen molar-refractivity contribution in [1.82, 2.24) is 0 Å². The predicted molar refractivity (Wildman–Crippen MR) is 79.2 cm³/mol. The maximum atomic E-state index is 12.0. The van der Waals surface area contributed by atoms with E-state index in [1.807, 2.05) is 18.2 Å². The summed E-state index contributed by atoms with van der Waals surface area (Å²) in [6.45, 7) is 0.0407. The quantitative estimate of drug-likeness (QED) is 0.632. The van der Waals surface area contributed by atoms with Gasteiger partial charge in [-0.2, -0.15) is 0 Å². The molecule has 114 valence electrons. The van der Waals surface area contributed by atoms with E-state index in [-0.39, 0.29) is 18.8 Å². The molecule has 0 fully saturated rings. The van der Waals surface area contributed by atoms with Crippen molar-refractivity contribution >= 4 is 11.9 Å². The van der Waals surface area contributed by atoms with E-state index in [0.29, 0.717) is 5.56 Å². The van der Waals surface area contributed by atoms with Crippen molar-refractivity contribution in [3.8, 4) is 5.75 Å². The van der Waals surface area contributed by atoms with Gasteiger partial charge >= 0.3 is 11.9 Å². The molecule has 1 atom stereocenters. The smallest absolute Gasteiger partial charge is 0.320 e. The van der Waals surface area contributed by atoms with Crippen LogP contribution in [0.15, 0.2) is 54.6 Å². The minimum Gasteiger partial charge on any atom is -0.508 e. The molecule has 0 saturated heterocycles. The molecule has 22 heavy (non-hydrogen) atoms. The van der Waals surface area contributed by atoms with Crippen LogP contribution >= 0.6 is 0 Å². The minimum atomic E-state index is -1.27. The maximum Gasteiger partial charge on any atom is 0.320 e. The van der Waals surface area contributed by atoms with E-state index in [0.717, 1.165) is 5.56 Å². The van der Waals surface area contributed by atoms with Gasteiger partial charge in [0.2, 0.25) is 0 Å². The zero-order chi connectivity index (χ0) is 15.9. The number of aromatic hydroxyl groups is 1. The van der Waals surface area contributed by atoms with E-state index in [1.165, 1.54) is 12.1 Å². The topological polar surface area (TPSA) is 83.8 Å². The van der Waals surface area contributed by atoms with Crippen LogP contribution in [0.3, 0.4) is 0 Å². The second-order valence-corrected chi connectivity index (χ2v) is 4.85. The second-order valence-electron chi connectivity index (χ2n) is 4.85. The maximum absolute atomic E-state index is 12.0. The Balaban J connectivity index is 1.99. The van der Waals surface area contributed by atoms with Gasteiger partial charge in [-0.3, -0.25) is 9.59 Å². The van der Waals surface area contributed by atoms with Crippen molar-refractivity contribution in [3.05, 3.63) is 65.7 Å². The zero-order valence-electron chi connectivity index (χ0n) is 11.8. The Bertz CT molecular complexity index is 634. The molecule has 0 unspecified atom stereocenters. The summed E-state index contributed by atoms with van der Waals surface area (Å²) in [4.78, 5) is 23.3. The molecule has 0 aliphatic carbocycles. The fraction of sp³-hybridized carbons (Fsp3) is 0.176. The van der Waals surface area contributed by atoms with Crippen LogP contribution in [0.5, 0.6) is 5.75 Å². The number of phenols is 1. The highest BCUT2D eigenvalue weighted by Gasteiger charge is 2.28. The number of carboxylic acids is 1. The van der Waals surface area contributed by atoms with Gasteiger partial charge in [0.25, 0.3) is 0 Å². The van der Waals surface area contributed by atoms with Crippen molar-refractivity contribution in [2.45, 2.75) is 13.0 Å². The van der Waals surface area contributed by atoms with Crippen LogP contribution in [0.25, 0.3) is 0 Å². The van der Waals surface area contributed by atoms with Crippen molar-refractivity contribution < 1.29 is 24.5 Å². The molecule has 2 aromatic rings. The van der Waals surface area contributed by atoms with Gasteiger partial charge in [0.15, 0.2) is 5.92 Å². The van der Waals surface area contributed by atoms with Crippen LogP contribution in [0.4, 0.5) is 0 Å². The molecule has 0 heterocycles.